The summed E-state index contributed by atoms with van der Waals surface area (Å²) in [6.45, 7) is 8.74. The molecule has 4 aliphatic heterocycles. The molecule has 0 aromatic carbocycles. The van der Waals surface area contributed by atoms with Crippen LogP contribution in [0, 0.1) is 16.7 Å². The molecule has 2 atom stereocenters. The van der Waals surface area contributed by atoms with E-state index in [0.717, 1.165) is 50.8 Å². The molecule has 8 heteroatoms. The predicted molar refractivity (Wildman–Crippen MR) is 145 cm³/mol. The number of allylic oxidation sites excluding steroid dienone is 1. The number of hydrazone groups is 1. The van der Waals surface area contributed by atoms with E-state index in [1.807, 2.05) is 25.2 Å². The first kappa shape index (κ1) is 24.3. The van der Waals surface area contributed by atoms with Gasteiger partial charge in [-0.3, -0.25) is 14.8 Å². The number of amidine groups is 1. The van der Waals surface area contributed by atoms with Crippen LogP contribution < -0.4 is 5.32 Å². The zero-order valence-corrected chi connectivity index (χ0v) is 22.5. The van der Waals surface area contributed by atoms with E-state index in [0.29, 0.717) is 22.7 Å². The molecule has 0 amide bonds. The summed E-state index contributed by atoms with van der Waals surface area (Å²) in [4.78, 5) is 9.95. The van der Waals surface area contributed by atoms with Crippen LogP contribution in [0.15, 0.2) is 33.1 Å². The quantitative estimate of drug-likeness (QED) is 0.533. The molecule has 0 aromatic heterocycles. The minimum atomic E-state index is 0.203. The Morgan fingerprint density at radius 2 is 1.94 bits per heavy atom. The Kier molecular flexibility index (Phi) is 6.12. The molecule has 196 valence electrons. The molecule has 8 nitrogen and oxygen atoms in total. The summed E-state index contributed by atoms with van der Waals surface area (Å²) in [5.41, 5.74) is 5.07. The summed E-state index contributed by atoms with van der Waals surface area (Å²) in [7, 11) is 4.32. The van der Waals surface area contributed by atoms with Gasteiger partial charge in [0.05, 0.1) is 25.2 Å². The smallest absolute Gasteiger partial charge is 0.135 e. The van der Waals surface area contributed by atoms with Gasteiger partial charge in [-0.1, -0.05) is 0 Å². The Balaban J connectivity index is 1.12. The molecule has 0 aromatic rings. The first-order valence-corrected chi connectivity index (χ1v) is 13.9. The largest absolute Gasteiger partial charge is 0.387 e. The van der Waals surface area contributed by atoms with Crippen molar-refractivity contribution < 1.29 is 4.74 Å². The zero-order valence-electron chi connectivity index (χ0n) is 22.5. The van der Waals surface area contributed by atoms with Crippen LogP contribution in [-0.2, 0) is 4.74 Å². The van der Waals surface area contributed by atoms with Gasteiger partial charge in [-0.25, -0.2) is 4.99 Å². The first-order valence-electron chi connectivity index (χ1n) is 13.9. The molecule has 7 rings (SSSR count). The number of aliphatic imine (C=N–C) groups is 1. The molecular weight excluding hydrogens is 450 g/mol. The van der Waals surface area contributed by atoms with E-state index >= 15 is 0 Å². The predicted octanol–water partition coefficient (Wildman–Crippen LogP) is 3.23. The van der Waals surface area contributed by atoms with Gasteiger partial charge in [0.1, 0.15) is 5.84 Å². The molecule has 0 radical (unpaired) electrons. The van der Waals surface area contributed by atoms with Crippen LogP contribution >= 0.6 is 0 Å². The lowest BCUT2D eigenvalue weighted by Gasteiger charge is -2.59. The Morgan fingerprint density at radius 3 is 2.58 bits per heavy atom. The number of nitrogens with zero attached hydrogens (tertiary/aromatic N) is 5. The van der Waals surface area contributed by atoms with Crippen molar-refractivity contribution in [2.45, 2.75) is 76.4 Å². The second kappa shape index (κ2) is 9.07. The highest BCUT2D eigenvalue weighted by Gasteiger charge is 2.52. The van der Waals surface area contributed by atoms with Gasteiger partial charge >= 0.3 is 0 Å². The van der Waals surface area contributed by atoms with Crippen LogP contribution in [0.3, 0.4) is 0 Å². The highest BCUT2D eigenvalue weighted by molar-refractivity contribution is 6.03. The van der Waals surface area contributed by atoms with Gasteiger partial charge in [-0.15, -0.1) is 0 Å². The van der Waals surface area contributed by atoms with Gasteiger partial charge in [0.2, 0.25) is 0 Å². The highest BCUT2D eigenvalue weighted by atomic mass is 16.5. The molecule has 36 heavy (non-hydrogen) atoms. The van der Waals surface area contributed by atoms with Crippen molar-refractivity contribution in [2.24, 2.45) is 21.4 Å². The minimum absolute atomic E-state index is 0.203. The summed E-state index contributed by atoms with van der Waals surface area (Å²) < 4.78 is 5.49. The normalized spacial score (nSPS) is 36.6. The van der Waals surface area contributed by atoms with E-state index in [1.54, 1.807) is 0 Å². The van der Waals surface area contributed by atoms with Crippen molar-refractivity contribution in [1.82, 2.24) is 20.1 Å². The average Bonchev–Trinajstić information content (AvgIpc) is 3.22. The fourth-order valence-electron chi connectivity index (χ4n) is 7.55. The van der Waals surface area contributed by atoms with Crippen molar-refractivity contribution in [3.8, 4) is 0 Å². The number of fused-ring (bicyclic) bond motifs is 4. The third-order valence-electron chi connectivity index (χ3n) is 10.3. The Bertz CT molecular complexity index is 1010. The molecule has 3 aliphatic carbocycles. The molecule has 2 N–H and O–H groups in total. The summed E-state index contributed by atoms with van der Waals surface area (Å²) in [5.74, 6) is 1.25. The van der Waals surface area contributed by atoms with Crippen LogP contribution in [0.1, 0.15) is 58.8 Å². The maximum absolute atomic E-state index is 8.59. The van der Waals surface area contributed by atoms with Crippen molar-refractivity contribution in [1.29, 1.82) is 5.41 Å². The van der Waals surface area contributed by atoms with Crippen LogP contribution in [-0.4, -0.2) is 97.1 Å². The topological polar surface area (TPSA) is 79.5 Å². The number of rotatable bonds is 7. The summed E-state index contributed by atoms with van der Waals surface area (Å²) in [6.07, 6.45) is 13.2. The zero-order chi connectivity index (χ0) is 25.1. The molecule has 7 aliphatic rings. The van der Waals surface area contributed by atoms with E-state index in [1.165, 1.54) is 49.8 Å². The summed E-state index contributed by atoms with van der Waals surface area (Å²) in [6, 6.07) is 0.881. The van der Waals surface area contributed by atoms with E-state index in [9.17, 15) is 0 Å². The van der Waals surface area contributed by atoms with Gasteiger partial charge < -0.3 is 15.5 Å². The molecular formula is C28H43N7O. The third kappa shape index (κ3) is 4.05. The lowest BCUT2D eigenvalue weighted by atomic mass is 9.56. The van der Waals surface area contributed by atoms with Crippen molar-refractivity contribution in [3.63, 3.8) is 0 Å². The van der Waals surface area contributed by atoms with Gasteiger partial charge in [0, 0.05) is 73.6 Å². The van der Waals surface area contributed by atoms with E-state index < -0.39 is 0 Å². The average molecular weight is 494 g/mol. The molecule has 4 heterocycles. The monoisotopic (exact) mass is 493 g/mol. The van der Waals surface area contributed by atoms with Crippen LogP contribution in [0.2, 0.25) is 0 Å². The van der Waals surface area contributed by atoms with Gasteiger partial charge in [-0.2, -0.15) is 5.10 Å². The molecule has 2 bridgehead atoms. The molecule has 0 spiro atoms. The number of hydrogen-bond acceptors (Lipinski definition) is 8. The third-order valence-corrected chi connectivity index (χ3v) is 10.3. The van der Waals surface area contributed by atoms with Crippen LogP contribution in [0.4, 0.5) is 0 Å². The summed E-state index contributed by atoms with van der Waals surface area (Å²) in [5, 5.41) is 18.9. The Morgan fingerprint density at radius 1 is 1.22 bits per heavy atom. The van der Waals surface area contributed by atoms with E-state index in [-0.39, 0.29) is 12.0 Å². The summed E-state index contributed by atoms with van der Waals surface area (Å²) >= 11 is 0. The SMILES string of the molecule is CC(=N)C1=C(NCC23CCC(N(C)C4COC4)(CC2)CC3)CCN(C2C=C(C)N=C3C2C=NN3C)C1. The number of hydrogen-bond donors (Lipinski definition) is 2. The van der Waals surface area contributed by atoms with Gasteiger partial charge in [-0.05, 0) is 70.9 Å². The van der Waals surface area contributed by atoms with Gasteiger partial charge in [0.25, 0.3) is 0 Å². The maximum Gasteiger partial charge on any atom is 0.135 e. The van der Waals surface area contributed by atoms with E-state index in [4.69, 9.17) is 15.1 Å². The lowest BCUT2D eigenvalue weighted by Crippen LogP contribution is -2.63. The van der Waals surface area contributed by atoms with Crippen LogP contribution in [0.25, 0.3) is 0 Å². The molecule has 3 saturated carbocycles. The molecule has 2 unspecified atom stereocenters. The van der Waals surface area contributed by atoms with Crippen molar-refractivity contribution >= 4 is 17.8 Å². The second-order valence-electron chi connectivity index (χ2n) is 12.3. The lowest BCUT2D eigenvalue weighted by molar-refractivity contribution is -0.130. The molecule has 1 saturated heterocycles. The Hall–Kier alpha value is -2.03. The van der Waals surface area contributed by atoms with Crippen molar-refractivity contribution in [3.05, 3.63) is 23.0 Å². The first-order chi connectivity index (χ1) is 17.3. The Labute approximate surface area is 216 Å². The van der Waals surface area contributed by atoms with E-state index in [2.05, 4.69) is 40.3 Å². The fourth-order valence-corrected chi connectivity index (χ4v) is 7.55. The second-order valence-corrected chi connectivity index (χ2v) is 12.3. The molecule has 4 fully saturated rings. The fraction of sp³-hybridized carbons (Fsp3) is 0.750. The van der Waals surface area contributed by atoms with Gasteiger partial charge in [0.15, 0.2) is 0 Å². The highest BCUT2D eigenvalue weighted by Crippen LogP contribution is 2.54. The van der Waals surface area contributed by atoms with Crippen molar-refractivity contribution in [2.75, 3.05) is 46.9 Å². The maximum atomic E-state index is 8.59. The number of nitrogens with one attached hydrogen (secondary N) is 2. The number of ether oxygens (including phenoxy) is 1. The minimum Gasteiger partial charge on any atom is -0.387 e. The standard InChI is InChI=1S/C28H43N7O/c1-19-13-25(22-14-31-34(4)26(22)32-19)35-12-5-24(23(15-35)20(2)29)30-18-27-6-9-28(10-7-27,11-8-27)33(3)21-16-36-17-21/h13-14,21-22,25,29-30H,5-12,15-18H2,1-4H3. The number of likely N-dealkylation sites (N-methyl/N-ethyl adjacent to an activating group) is 1. The van der Waals surface area contributed by atoms with Crippen LogP contribution in [0.5, 0.6) is 0 Å².